The fraction of sp³-hybridized carbons (Fsp3) is 0.125. The van der Waals surface area contributed by atoms with Gasteiger partial charge in [0.25, 0.3) is 0 Å². The third kappa shape index (κ3) is 4.12. The summed E-state index contributed by atoms with van der Waals surface area (Å²) in [5.74, 6) is -0.143. The van der Waals surface area contributed by atoms with Crippen molar-refractivity contribution >= 4 is 37.8 Å². The zero-order valence-corrected chi connectivity index (χ0v) is 15.9. The summed E-state index contributed by atoms with van der Waals surface area (Å²) in [5, 5.41) is 0. The molecule has 0 N–H and O–H groups in total. The van der Waals surface area contributed by atoms with Gasteiger partial charge in [0.1, 0.15) is 26.8 Å². The molecule has 3 aromatic rings. The van der Waals surface area contributed by atoms with E-state index in [0.29, 0.717) is 22.5 Å². The van der Waals surface area contributed by atoms with Crippen molar-refractivity contribution in [1.82, 2.24) is 19.9 Å². The number of aromatic nitrogens is 3. The van der Waals surface area contributed by atoms with Crippen LogP contribution in [0.2, 0.25) is 0 Å². The van der Waals surface area contributed by atoms with Crippen LogP contribution in [0.3, 0.4) is 0 Å². The third-order valence-corrected chi connectivity index (χ3v) is 5.63. The minimum atomic E-state index is -9.76. The quantitative estimate of drug-likeness (QED) is 0.388. The Morgan fingerprint density at radius 1 is 1.18 bits per heavy atom. The van der Waals surface area contributed by atoms with E-state index in [1.54, 1.807) is 0 Å². The van der Waals surface area contributed by atoms with E-state index < -0.39 is 15.1 Å². The molecule has 1 aromatic carbocycles. The van der Waals surface area contributed by atoms with Gasteiger partial charge in [-0.2, -0.15) is 0 Å². The zero-order valence-electron chi connectivity index (χ0n) is 14.3. The third-order valence-electron chi connectivity index (χ3n) is 3.75. The number of likely N-dealkylation sites (N-methyl/N-ethyl adjacent to an activating group) is 1. The number of carbonyl (C=O) groups is 1. The fourth-order valence-corrected chi connectivity index (χ4v) is 3.72. The Balaban J connectivity index is 2.07. The van der Waals surface area contributed by atoms with E-state index in [1.807, 2.05) is 0 Å². The second-order valence-electron chi connectivity index (χ2n) is 5.89. The molecule has 0 aliphatic carbocycles. The molecular formula is C16H13F5N4OS2. The van der Waals surface area contributed by atoms with Crippen LogP contribution < -0.4 is 0 Å². The van der Waals surface area contributed by atoms with Gasteiger partial charge in [0.05, 0.1) is 12.1 Å². The van der Waals surface area contributed by atoms with Gasteiger partial charge in [-0.15, -0.1) is 11.3 Å². The van der Waals surface area contributed by atoms with E-state index in [2.05, 4.69) is 21.5 Å². The molecule has 3 rings (SSSR count). The zero-order chi connectivity index (χ0) is 20.8. The smallest absolute Gasteiger partial charge is 0.310 e. The first-order chi connectivity index (χ1) is 12.8. The number of carbonyl (C=O) groups excluding carboxylic acids is 1. The van der Waals surface area contributed by atoms with Gasteiger partial charge >= 0.3 is 10.2 Å². The Morgan fingerprint density at radius 3 is 2.39 bits per heavy atom. The molecule has 12 heteroatoms. The number of hydrogen-bond donors (Lipinski definition) is 0. The average molecular weight is 436 g/mol. The Morgan fingerprint density at radius 2 is 1.82 bits per heavy atom. The van der Waals surface area contributed by atoms with Crippen molar-refractivity contribution in [2.24, 2.45) is 0 Å². The van der Waals surface area contributed by atoms with Crippen LogP contribution in [0, 0.1) is 0 Å². The second kappa shape index (κ2) is 5.95. The van der Waals surface area contributed by atoms with E-state index >= 15 is 0 Å². The minimum Gasteiger partial charge on any atom is -0.335 e. The standard InChI is InChI=1S/C16H13F5N4OS2/c1-3-13(26)25(2)8-12-23-14(15-16(24-12)27-9-22-15)10-4-6-11(7-5-10)28(17,18,19,20)21/h3-7,9H,1,8H2,2H3. The normalized spacial score (nSPS) is 14.4. The molecule has 0 aliphatic heterocycles. The van der Waals surface area contributed by atoms with Crippen LogP contribution in [0.5, 0.6) is 0 Å². The van der Waals surface area contributed by atoms with Gasteiger partial charge in [-0.1, -0.05) is 38.1 Å². The Kier molecular flexibility index (Phi) is 4.28. The van der Waals surface area contributed by atoms with Crippen LogP contribution >= 0.6 is 21.6 Å². The molecule has 2 heterocycles. The highest BCUT2D eigenvalue weighted by Gasteiger charge is 2.65. The molecule has 0 saturated heterocycles. The number of hydrogen-bond acceptors (Lipinski definition) is 5. The monoisotopic (exact) mass is 436 g/mol. The average Bonchev–Trinajstić information content (AvgIpc) is 3.07. The molecule has 1 amide bonds. The maximum Gasteiger partial charge on any atom is 0.310 e. The molecule has 0 aliphatic rings. The summed E-state index contributed by atoms with van der Waals surface area (Å²) in [6, 6.07) is 2.47. The molecule has 0 radical (unpaired) electrons. The van der Waals surface area contributed by atoms with Crippen LogP contribution in [-0.2, 0) is 11.3 Å². The largest absolute Gasteiger partial charge is 0.335 e. The number of rotatable bonds is 5. The van der Waals surface area contributed by atoms with E-state index in [-0.39, 0.29) is 29.5 Å². The Bertz CT molecular complexity index is 1080. The van der Waals surface area contributed by atoms with Crippen molar-refractivity contribution < 1.29 is 24.2 Å². The van der Waals surface area contributed by atoms with Gasteiger partial charge in [0.15, 0.2) is 0 Å². The molecule has 0 saturated carbocycles. The molecule has 150 valence electrons. The summed E-state index contributed by atoms with van der Waals surface area (Å²) in [7, 11) is -8.25. The van der Waals surface area contributed by atoms with Crippen LogP contribution in [0.15, 0.2) is 47.3 Å². The van der Waals surface area contributed by atoms with Gasteiger partial charge in [-0.3, -0.25) is 4.79 Å². The number of halogens is 5. The first kappa shape index (κ1) is 20.1. The molecule has 5 nitrogen and oxygen atoms in total. The number of thiazole rings is 1. The van der Waals surface area contributed by atoms with Crippen molar-refractivity contribution in [3.8, 4) is 11.3 Å². The number of nitrogens with zero attached hydrogens (tertiary/aromatic N) is 4. The summed E-state index contributed by atoms with van der Waals surface area (Å²) in [6.07, 6.45) is 1.12. The van der Waals surface area contributed by atoms with Crippen molar-refractivity contribution in [2.45, 2.75) is 11.4 Å². The fourth-order valence-electron chi connectivity index (χ4n) is 2.39. The maximum absolute atomic E-state index is 12.9. The number of fused-ring (bicyclic) bond motifs is 1. The van der Waals surface area contributed by atoms with Crippen LogP contribution in [0.4, 0.5) is 19.4 Å². The SMILES string of the molecule is C=CC(=O)N(C)Cc1nc(-c2ccc(S(F)(F)(F)(F)F)cc2)c2ncsc2n1. The first-order valence-corrected chi connectivity index (χ1v) is 10.4. The van der Waals surface area contributed by atoms with Gasteiger partial charge in [-0.05, 0) is 18.2 Å². The molecule has 0 unspecified atom stereocenters. The van der Waals surface area contributed by atoms with E-state index in [0.717, 1.165) is 18.2 Å². The van der Waals surface area contributed by atoms with Crippen molar-refractivity contribution in [1.29, 1.82) is 0 Å². The highest BCUT2D eigenvalue weighted by atomic mass is 32.5. The molecule has 0 fully saturated rings. The first-order valence-electron chi connectivity index (χ1n) is 7.60. The molecular weight excluding hydrogens is 423 g/mol. The van der Waals surface area contributed by atoms with Crippen molar-refractivity contribution in [2.75, 3.05) is 7.05 Å². The highest BCUT2D eigenvalue weighted by molar-refractivity contribution is 8.45. The summed E-state index contributed by atoms with van der Waals surface area (Å²) in [5.41, 5.74) is 2.16. The summed E-state index contributed by atoms with van der Waals surface area (Å²) >= 11 is 1.18. The highest BCUT2D eigenvalue weighted by Crippen LogP contribution is 3.02. The molecule has 2 aromatic heterocycles. The molecule has 0 bridgehead atoms. The predicted molar refractivity (Wildman–Crippen MR) is 98.7 cm³/mol. The minimum absolute atomic E-state index is 0.0231. The topological polar surface area (TPSA) is 59.0 Å². The van der Waals surface area contributed by atoms with Crippen LogP contribution in [0.1, 0.15) is 5.82 Å². The summed E-state index contributed by atoms with van der Waals surface area (Å²) < 4.78 is 64.6. The van der Waals surface area contributed by atoms with Gasteiger partial charge < -0.3 is 4.90 Å². The van der Waals surface area contributed by atoms with E-state index in [9.17, 15) is 24.2 Å². The molecule has 28 heavy (non-hydrogen) atoms. The molecule has 0 atom stereocenters. The van der Waals surface area contributed by atoms with E-state index in [4.69, 9.17) is 0 Å². The Labute approximate surface area is 160 Å². The predicted octanol–water partition coefficient (Wildman–Crippen LogP) is 5.56. The number of benzene rings is 1. The van der Waals surface area contributed by atoms with Crippen molar-refractivity contribution in [3.05, 3.63) is 48.3 Å². The summed E-state index contributed by atoms with van der Waals surface area (Å²) in [6.45, 7) is 3.40. The van der Waals surface area contributed by atoms with Gasteiger partial charge in [0.2, 0.25) is 5.91 Å². The van der Waals surface area contributed by atoms with Gasteiger partial charge in [-0.25, -0.2) is 15.0 Å². The lowest BCUT2D eigenvalue weighted by atomic mass is 10.1. The molecule has 0 spiro atoms. The van der Waals surface area contributed by atoms with Crippen LogP contribution in [-0.4, -0.2) is 32.8 Å². The Hall–Kier alpha value is -2.60. The lowest BCUT2D eigenvalue weighted by Gasteiger charge is -2.40. The second-order valence-corrected chi connectivity index (χ2v) is 9.13. The van der Waals surface area contributed by atoms with E-state index in [1.165, 1.54) is 28.8 Å². The maximum atomic E-state index is 12.9. The number of amides is 1. The van der Waals surface area contributed by atoms with Crippen molar-refractivity contribution in [3.63, 3.8) is 0 Å². The van der Waals surface area contributed by atoms with Crippen LogP contribution in [0.25, 0.3) is 21.6 Å². The lowest BCUT2D eigenvalue weighted by molar-refractivity contribution is -0.125. The summed E-state index contributed by atoms with van der Waals surface area (Å²) in [4.78, 5) is 24.1. The lowest BCUT2D eigenvalue weighted by Crippen LogP contribution is -2.25. The van der Waals surface area contributed by atoms with Gasteiger partial charge in [0, 0.05) is 12.6 Å².